The van der Waals surface area contributed by atoms with Crippen molar-refractivity contribution in [3.05, 3.63) is 59.7 Å². The van der Waals surface area contributed by atoms with Crippen molar-refractivity contribution in [3.63, 3.8) is 0 Å². The second kappa shape index (κ2) is 11.4. The molecule has 2 aromatic carbocycles. The predicted octanol–water partition coefficient (Wildman–Crippen LogP) is 3.51. The maximum absolute atomic E-state index is 12.9. The van der Waals surface area contributed by atoms with Crippen LogP contribution in [0.25, 0.3) is 0 Å². The van der Waals surface area contributed by atoms with Gasteiger partial charge in [-0.3, -0.25) is 4.79 Å². The largest absolute Gasteiger partial charge is 0.490 e. The minimum atomic E-state index is -0.0710. The molecule has 2 N–H and O–H groups in total. The van der Waals surface area contributed by atoms with E-state index >= 15 is 0 Å². The van der Waals surface area contributed by atoms with Gasteiger partial charge >= 0.3 is 0 Å². The van der Waals surface area contributed by atoms with Gasteiger partial charge in [-0.25, -0.2) is 0 Å². The van der Waals surface area contributed by atoms with Crippen LogP contribution in [0.2, 0.25) is 0 Å². The molecule has 2 rings (SSSR count). The van der Waals surface area contributed by atoms with Crippen molar-refractivity contribution in [2.75, 3.05) is 26.3 Å². The van der Waals surface area contributed by atoms with Crippen molar-refractivity contribution in [3.8, 4) is 11.5 Å². The highest BCUT2D eigenvalue weighted by atomic mass is 35.5. The number of benzene rings is 2. The summed E-state index contributed by atoms with van der Waals surface area (Å²) in [6.45, 7) is 6.29. The highest BCUT2D eigenvalue weighted by molar-refractivity contribution is 5.95. The fourth-order valence-corrected chi connectivity index (χ4v) is 2.58. The second-order valence-corrected chi connectivity index (χ2v) is 5.53. The number of ether oxygens (including phenoxy) is 2. The fourth-order valence-electron chi connectivity index (χ4n) is 2.58. The SMILES string of the molecule is CCOc1ccc(C(=O)N(CCN)Cc2ccccc2)cc1OCC.Cl. The lowest BCUT2D eigenvalue weighted by Gasteiger charge is -2.23. The first kappa shape index (κ1) is 21.8. The zero-order valence-electron chi connectivity index (χ0n) is 15.3. The minimum absolute atomic E-state index is 0. The smallest absolute Gasteiger partial charge is 0.254 e. The molecule has 1 amide bonds. The van der Waals surface area contributed by atoms with E-state index < -0.39 is 0 Å². The molecule has 0 saturated carbocycles. The molecule has 6 heteroatoms. The maximum atomic E-state index is 12.9. The Bertz CT molecular complexity index is 680. The highest BCUT2D eigenvalue weighted by Gasteiger charge is 2.18. The quantitative estimate of drug-likeness (QED) is 0.725. The Morgan fingerprint density at radius 1 is 1.00 bits per heavy atom. The molecule has 0 spiro atoms. The van der Waals surface area contributed by atoms with E-state index in [-0.39, 0.29) is 18.3 Å². The van der Waals surface area contributed by atoms with Crippen molar-refractivity contribution in [2.45, 2.75) is 20.4 Å². The van der Waals surface area contributed by atoms with Crippen molar-refractivity contribution in [2.24, 2.45) is 5.73 Å². The molecule has 0 atom stereocenters. The van der Waals surface area contributed by atoms with Gasteiger partial charge in [0.1, 0.15) is 0 Å². The highest BCUT2D eigenvalue weighted by Crippen LogP contribution is 2.29. The van der Waals surface area contributed by atoms with Gasteiger partial charge in [-0.15, -0.1) is 12.4 Å². The van der Waals surface area contributed by atoms with Gasteiger partial charge in [-0.2, -0.15) is 0 Å². The standard InChI is InChI=1S/C20H26N2O3.ClH/c1-3-24-18-11-10-17(14-19(18)25-4-2)20(23)22(13-12-21)15-16-8-6-5-7-9-16;/h5-11,14H,3-4,12-13,15,21H2,1-2H3;1H. The topological polar surface area (TPSA) is 64.8 Å². The summed E-state index contributed by atoms with van der Waals surface area (Å²) in [5, 5.41) is 0. The summed E-state index contributed by atoms with van der Waals surface area (Å²) in [5.41, 5.74) is 7.34. The van der Waals surface area contributed by atoms with Gasteiger partial charge in [-0.05, 0) is 37.6 Å². The van der Waals surface area contributed by atoms with E-state index in [1.807, 2.05) is 44.2 Å². The van der Waals surface area contributed by atoms with Gasteiger partial charge in [0.2, 0.25) is 0 Å². The average Bonchev–Trinajstić information content (AvgIpc) is 2.63. The molecule has 5 nitrogen and oxygen atoms in total. The maximum Gasteiger partial charge on any atom is 0.254 e. The number of nitrogens with zero attached hydrogens (tertiary/aromatic N) is 1. The molecule has 0 aromatic heterocycles. The van der Waals surface area contributed by atoms with E-state index in [0.29, 0.717) is 49.9 Å². The van der Waals surface area contributed by atoms with E-state index in [1.54, 1.807) is 23.1 Å². The second-order valence-electron chi connectivity index (χ2n) is 5.53. The van der Waals surface area contributed by atoms with E-state index in [2.05, 4.69) is 0 Å². The molecule has 0 fully saturated rings. The van der Waals surface area contributed by atoms with Crippen LogP contribution < -0.4 is 15.2 Å². The van der Waals surface area contributed by atoms with Crippen LogP contribution in [0.15, 0.2) is 48.5 Å². The van der Waals surface area contributed by atoms with Crippen molar-refractivity contribution >= 4 is 18.3 Å². The molecule has 0 aliphatic heterocycles. The van der Waals surface area contributed by atoms with E-state index in [0.717, 1.165) is 5.56 Å². The number of halogens is 1. The minimum Gasteiger partial charge on any atom is -0.490 e. The molecular weight excluding hydrogens is 352 g/mol. The van der Waals surface area contributed by atoms with Crippen molar-refractivity contribution in [1.29, 1.82) is 0 Å². The molecule has 0 bridgehead atoms. The molecule has 0 saturated heterocycles. The zero-order valence-corrected chi connectivity index (χ0v) is 16.1. The van der Waals surface area contributed by atoms with E-state index in [4.69, 9.17) is 15.2 Å². The molecule has 0 aliphatic rings. The van der Waals surface area contributed by atoms with Crippen molar-refractivity contribution < 1.29 is 14.3 Å². The summed E-state index contributed by atoms with van der Waals surface area (Å²) in [5.74, 6) is 1.16. The van der Waals surface area contributed by atoms with Gasteiger partial charge in [0, 0.05) is 25.2 Å². The summed E-state index contributed by atoms with van der Waals surface area (Å²) in [6, 6.07) is 15.2. The third-order valence-corrected chi connectivity index (χ3v) is 3.69. The number of nitrogens with two attached hydrogens (primary N) is 1. The summed E-state index contributed by atoms with van der Waals surface area (Å²) >= 11 is 0. The number of carbonyl (C=O) groups is 1. The Balaban J connectivity index is 0.00000338. The zero-order chi connectivity index (χ0) is 18.1. The van der Waals surface area contributed by atoms with Gasteiger partial charge in [0.15, 0.2) is 11.5 Å². The van der Waals surface area contributed by atoms with Crippen molar-refractivity contribution in [1.82, 2.24) is 4.90 Å². The van der Waals surface area contributed by atoms with E-state index in [9.17, 15) is 4.79 Å². The number of hydrogen-bond acceptors (Lipinski definition) is 4. The molecule has 26 heavy (non-hydrogen) atoms. The Hall–Kier alpha value is -2.24. The summed E-state index contributed by atoms with van der Waals surface area (Å²) in [4.78, 5) is 14.7. The summed E-state index contributed by atoms with van der Waals surface area (Å²) in [6.07, 6.45) is 0. The first-order chi connectivity index (χ1) is 12.2. The lowest BCUT2D eigenvalue weighted by molar-refractivity contribution is 0.0747. The van der Waals surface area contributed by atoms with Gasteiger partial charge in [0.05, 0.1) is 13.2 Å². The van der Waals surface area contributed by atoms with Crippen LogP contribution in [0.5, 0.6) is 11.5 Å². The Labute approximate surface area is 161 Å². The fraction of sp³-hybridized carbons (Fsp3) is 0.350. The lowest BCUT2D eigenvalue weighted by atomic mass is 10.1. The number of carbonyl (C=O) groups excluding carboxylic acids is 1. The molecule has 0 aliphatic carbocycles. The first-order valence-corrected chi connectivity index (χ1v) is 8.62. The normalized spacial score (nSPS) is 9.96. The Morgan fingerprint density at radius 3 is 2.27 bits per heavy atom. The predicted molar refractivity (Wildman–Crippen MR) is 106 cm³/mol. The summed E-state index contributed by atoms with van der Waals surface area (Å²) in [7, 11) is 0. The third-order valence-electron chi connectivity index (χ3n) is 3.69. The van der Waals surface area contributed by atoms with Gasteiger partial charge in [0.25, 0.3) is 5.91 Å². The number of amides is 1. The third kappa shape index (κ3) is 5.93. The van der Waals surface area contributed by atoms with Gasteiger partial charge < -0.3 is 20.1 Å². The van der Waals surface area contributed by atoms with Crippen LogP contribution in [-0.4, -0.2) is 37.1 Å². The molecular formula is C20H27ClN2O3. The van der Waals surface area contributed by atoms with Gasteiger partial charge in [-0.1, -0.05) is 30.3 Å². The molecule has 142 valence electrons. The van der Waals surface area contributed by atoms with Crippen LogP contribution in [0.4, 0.5) is 0 Å². The van der Waals surface area contributed by atoms with Crippen LogP contribution in [-0.2, 0) is 6.54 Å². The lowest BCUT2D eigenvalue weighted by Crippen LogP contribution is -2.34. The molecule has 0 radical (unpaired) electrons. The molecule has 2 aromatic rings. The van der Waals surface area contributed by atoms with Crippen LogP contribution in [0, 0.1) is 0 Å². The Kier molecular flexibility index (Phi) is 9.55. The first-order valence-electron chi connectivity index (χ1n) is 8.62. The monoisotopic (exact) mass is 378 g/mol. The van der Waals surface area contributed by atoms with E-state index in [1.165, 1.54) is 0 Å². The molecule has 0 heterocycles. The Morgan fingerprint density at radius 2 is 1.65 bits per heavy atom. The van der Waals surface area contributed by atoms with Crippen LogP contribution in [0.1, 0.15) is 29.8 Å². The number of rotatable bonds is 9. The number of hydrogen-bond donors (Lipinski definition) is 1. The van der Waals surface area contributed by atoms with Crippen LogP contribution >= 0.6 is 12.4 Å². The van der Waals surface area contributed by atoms with Crippen LogP contribution in [0.3, 0.4) is 0 Å². The molecule has 0 unspecified atom stereocenters. The average molecular weight is 379 g/mol. The summed E-state index contributed by atoms with van der Waals surface area (Å²) < 4.78 is 11.2.